The predicted molar refractivity (Wildman–Crippen MR) is 86.6 cm³/mol. The molecule has 0 radical (unpaired) electrons. The van der Waals surface area contributed by atoms with Crippen LogP contribution in [0.1, 0.15) is 12.5 Å². The van der Waals surface area contributed by atoms with E-state index in [2.05, 4.69) is 34.1 Å². The highest BCUT2D eigenvalue weighted by atomic mass is 16.5. The zero-order chi connectivity index (χ0) is 15.7. The number of carbonyl (C=O) groups excluding carboxylic acids is 1. The molecule has 1 unspecified atom stereocenters. The number of benzene rings is 1. The zero-order valence-electron chi connectivity index (χ0n) is 13.4. The Hall–Kier alpha value is -1.85. The second-order valence-corrected chi connectivity index (χ2v) is 6.35. The van der Waals surface area contributed by atoms with Crippen molar-refractivity contribution < 1.29 is 9.53 Å². The topological polar surface area (TPSA) is 48.6 Å². The smallest absolute Gasteiger partial charge is 0.255 e. The molecule has 1 aliphatic rings. The summed E-state index contributed by atoms with van der Waals surface area (Å²) >= 11 is 0. The molecule has 0 bridgehead atoms. The minimum absolute atomic E-state index is 0.0250. The molecule has 2 heterocycles. The summed E-state index contributed by atoms with van der Waals surface area (Å²) in [6, 6.07) is 8.41. The molecule has 2 aromatic rings. The first-order chi connectivity index (χ1) is 10.5. The Bertz CT molecular complexity index is 679. The van der Waals surface area contributed by atoms with Crippen molar-refractivity contribution in [2.24, 2.45) is 0 Å². The van der Waals surface area contributed by atoms with Gasteiger partial charge in [-0.3, -0.25) is 9.69 Å². The van der Waals surface area contributed by atoms with E-state index < -0.39 is 5.60 Å². The molecule has 3 rings (SSSR count). The third-order valence-electron chi connectivity index (χ3n) is 4.29. The van der Waals surface area contributed by atoms with Crippen LogP contribution in [-0.4, -0.2) is 60.1 Å². The van der Waals surface area contributed by atoms with Crippen LogP contribution in [0.15, 0.2) is 30.5 Å². The number of carbonyl (C=O) groups is 1. The average molecular weight is 301 g/mol. The van der Waals surface area contributed by atoms with E-state index in [0.717, 1.165) is 18.6 Å². The van der Waals surface area contributed by atoms with Crippen molar-refractivity contribution in [3.63, 3.8) is 0 Å². The summed E-state index contributed by atoms with van der Waals surface area (Å²) in [5, 5.41) is 1.25. The van der Waals surface area contributed by atoms with Gasteiger partial charge in [0.05, 0.1) is 6.61 Å². The number of morpholine rings is 1. The maximum atomic E-state index is 12.4. The largest absolute Gasteiger partial charge is 0.363 e. The zero-order valence-corrected chi connectivity index (χ0v) is 13.4. The Morgan fingerprint density at radius 3 is 3.00 bits per heavy atom. The van der Waals surface area contributed by atoms with Crippen LogP contribution in [0.4, 0.5) is 0 Å². The molecule has 0 aliphatic carbocycles. The Balaban J connectivity index is 1.78. The number of rotatable bonds is 3. The highest BCUT2D eigenvalue weighted by Crippen LogP contribution is 2.24. The third kappa shape index (κ3) is 2.74. The van der Waals surface area contributed by atoms with E-state index in [0.29, 0.717) is 13.2 Å². The molecule has 1 aliphatic heterocycles. The van der Waals surface area contributed by atoms with E-state index in [1.165, 1.54) is 10.9 Å². The summed E-state index contributed by atoms with van der Waals surface area (Å²) in [4.78, 5) is 19.5. The van der Waals surface area contributed by atoms with Crippen LogP contribution in [0.3, 0.4) is 0 Å². The molecule has 1 aromatic heterocycles. The van der Waals surface area contributed by atoms with E-state index in [1.54, 1.807) is 19.0 Å². The van der Waals surface area contributed by atoms with E-state index >= 15 is 0 Å². The van der Waals surface area contributed by atoms with Crippen molar-refractivity contribution in [1.82, 2.24) is 14.8 Å². The number of hydrogen-bond acceptors (Lipinski definition) is 3. The molecule has 1 saturated heterocycles. The molecule has 5 heteroatoms. The Morgan fingerprint density at radius 2 is 2.23 bits per heavy atom. The molecule has 0 saturated carbocycles. The standard InChI is InChI=1S/C17H23N3O2/c1-17(16(21)19(2)3)12-20(9-10-22-17)11-13-5-4-6-15-14(13)7-8-18-15/h4-8,18H,9-12H2,1-3H3. The molecule has 1 aromatic carbocycles. The predicted octanol–water partition coefficient (Wildman–Crippen LogP) is 1.85. The first kappa shape index (κ1) is 15.1. The highest BCUT2D eigenvalue weighted by molar-refractivity contribution is 5.85. The molecule has 118 valence electrons. The van der Waals surface area contributed by atoms with Gasteiger partial charge in [0.1, 0.15) is 0 Å². The van der Waals surface area contributed by atoms with E-state index in [4.69, 9.17) is 4.74 Å². The molecule has 1 amide bonds. The van der Waals surface area contributed by atoms with E-state index in [-0.39, 0.29) is 5.91 Å². The number of aromatic nitrogens is 1. The highest BCUT2D eigenvalue weighted by Gasteiger charge is 2.40. The Kier molecular flexibility index (Phi) is 3.93. The second-order valence-electron chi connectivity index (χ2n) is 6.35. The number of nitrogens with zero attached hydrogens (tertiary/aromatic N) is 2. The van der Waals surface area contributed by atoms with Gasteiger partial charge in [-0.2, -0.15) is 0 Å². The maximum absolute atomic E-state index is 12.4. The van der Waals surface area contributed by atoms with Crippen LogP contribution >= 0.6 is 0 Å². The van der Waals surface area contributed by atoms with Crippen LogP contribution in [-0.2, 0) is 16.1 Å². The fourth-order valence-corrected chi connectivity index (χ4v) is 3.22. The van der Waals surface area contributed by atoms with Gasteiger partial charge >= 0.3 is 0 Å². The van der Waals surface area contributed by atoms with Gasteiger partial charge in [0.25, 0.3) is 5.91 Å². The first-order valence-electron chi connectivity index (χ1n) is 7.63. The summed E-state index contributed by atoms with van der Waals surface area (Å²) < 4.78 is 5.79. The first-order valence-corrected chi connectivity index (χ1v) is 7.63. The average Bonchev–Trinajstić information content (AvgIpc) is 2.96. The number of nitrogens with one attached hydrogen (secondary N) is 1. The van der Waals surface area contributed by atoms with Gasteiger partial charge in [0, 0.05) is 50.8 Å². The van der Waals surface area contributed by atoms with Crippen molar-refractivity contribution in [1.29, 1.82) is 0 Å². The van der Waals surface area contributed by atoms with Crippen molar-refractivity contribution in [3.05, 3.63) is 36.0 Å². The van der Waals surface area contributed by atoms with E-state index in [1.807, 2.05) is 13.1 Å². The van der Waals surface area contributed by atoms with Crippen LogP contribution in [0, 0.1) is 0 Å². The van der Waals surface area contributed by atoms with Crippen molar-refractivity contribution in [3.8, 4) is 0 Å². The van der Waals surface area contributed by atoms with Gasteiger partial charge in [0.15, 0.2) is 5.60 Å². The fraction of sp³-hybridized carbons (Fsp3) is 0.471. The monoisotopic (exact) mass is 301 g/mol. The lowest BCUT2D eigenvalue weighted by atomic mass is 10.0. The van der Waals surface area contributed by atoms with Crippen LogP contribution in [0.5, 0.6) is 0 Å². The lowest BCUT2D eigenvalue weighted by Gasteiger charge is -2.40. The van der Waals surface area contributed by atoms with Gasteiger partial charge in [-0.05, 0) is 24.6 Å². The van der Waals surface area contributed by atoms with Crippen LogP contribution < -0.4 is 0 Å². The quantitative estimate of drug-likeness (QED) is 0.941. The number of aromatic amines is 1. The van der Waals surface area contributed by atoms with Crippen LogP contribution in [0.25, 0.3) is 10.9 Å². The summed E-state index contributed by atoms with van der Waals surface area (Å²) in [5.74, 6) is 0.0250. The molecular weight excluding hydrogens is 278 g/mol. The molecule has 22 heavy (non-hydrogen) atoms. The number of fused-ring (bicyclic) bond motifs is 1. The second kappa shape index (κ2) is 5.74. The third-order valence-corrected chi connectivity index (χ3v) is 4.29. The minimum atomic E-state index is -0.756. The summed E-state index contributed by atoms with van der Waals surface area (Å²) in [5.41, 5.74) is 1.67. The number of hydrogen-bond donors (Lipinski definition) is 1. The molecule has 1 atom stereocenters. The van der Waals surface area contributed by atoms with Gasteiger partial charge in [-0.25, -0.2) is 0 Å². The summed E-state index contributed by atoms with van der Waals surface area (Å²) in [6.07, 6.45) is 1.97. The Labute approximate surface area is 130 Å². The molecular formula is C17H23N3O2. The fourth-order valence-electron chi connectivity index (χ4n) is 3.22. The van der Waals surface area contributed by atoms with Gasteiger partial charge in [-0.1, -0.05) is 12.1 Å². The molecule has 0 spiro atoms. The molecule has 1 fully saturated rings. The lowest BCUT2D eigenvalue weighted by Crippen LogP contribution is -2.57. The van der Waals surface area contributed by atoms with E-state index in [9.17, 15) is 4.79 Å². The lowest BCUT2D eigenvalue weighted by molar-refractivity contribution is -0.165. The van der Waals surface area contributed by atoms with Gasteiger partial charge < -0.3 is 14.6 Å². The summed E-state index contributed by atoms with van der Waals surface area (Å²) in [6.45, 7) is 4.76. The Morgan fingerprint density at radius 1 is 1.41 bits per heavy atom. The molecule has 1 N–H and O–H groups in total. The maximum Gasteiger partial charge on any atom is 0.255 e. The van der Waals surface area contributed by atoms with Gasteiger partial charge in [-0.15, -0.1) is 0 Å². The van der Waals surface area contributed by atoms with Crippen LogP contribution in [0.2, 0.25) is 0 Å². The number of amides is 1. The minimum Gasteiger partial charge on any atom is -0.363 e. The van der Waals surface area contributed by atoms with Crippen molar-refractivity contribution >= 4 is 16.8 Å². The summed E-state index contributed by atoms with van der Waals surface area (Å²) in [7, 11) is 3.55. The van der Waals surface area contributed by atoms with Crippen molar-refractivity contribution in [2.45, 2.75) is 19.1 Å². The number of likely N-dealkylation sites (N-methyl/N-ethyl adjacent to an activating group) is 1. The van der Waals surface area contributed by atoms with Gasteiger partial charge in [0.2, 0.25) is 0 Å². The number of H-pyrrole nitrogens is 1. The van der Waals surface area contributed by atoms with Crippen molar-refractivity contribution in [2.75, 3.05) is 33.8 Å². The number of ether oxygens (including phenoxy) is 1. The normalized spacial score (nSPS) is 22.9. The molecule has 5 nitrogen and oxygen atoms in total. The SMILES string of the molecule is CN(C)C(=O)C1(C)CN(Cc2cccc3[nH]ccc23)CCO1.